The molecule has 0 aliphatic heterocycles. The van der Waals surface area contributed by atoms with Crippen LogP contribution in [0.5, 0.6) is 0 Å². The second kappa shape index (κ2) is 5.14. The molecular weight excluding hydrogens is 290 g/mol. The van der Waals surface area contributed by atoms with Crippen LogP contribution < -0.4 is 5.73 Å². The molecule has 0 unspecified atom stereocenters. The molecule has 1 aromatic heterocycles. The van der Waals surface area contributed by atoms with Gasteiger partial charge in [-0.15, -0.1) is 0 Å². The Balaban J connectivity index is 2.54. The van der Waals surface area contributed by atoms with Crippen LogP contribution >= 0.6 is 15.9 Å². The lowest BCUT2D eigenvalue weighted by Gasteiger charge is -2.10. The van der Waals surface area contributed by atoms with Crippen molar-refractivity contribution in [1.82, 2.24) is 10.2 Å². The number of anilines is 1. The number of aromatic amines is 1. The third kappa shape index (κ3) is 2.43. The zero-order valence-corrected chi connectivity index (χ0v) is 12.5. The largest absolute Gasteiger partial charge is 0.382 e. The molecule has 1 aromatic carbocycles. The van der Waals surface area contributed by atoms with Gasteiger partial charge in [-0.1, -0.05) is 41.9 Å². The monoisotopic (exact) mass is 307 g/mol. The van der Waals surface area contributed by atoms with E-state index in [9.17, 15) is 0 Å². The van der Waals surface area contributed by atoms with Gasteiger partial charge in [-0.2, -0.15) is 5.10 Å². The summed E-state index contributed by atoms with van der Waals surface area (Å²) in [5.41, 5.74) is 10.5. The number of H-pyrrole nitrogens is 1. The van der Waals surface area contributed by atoms with E-state index >= 15 is 0 Å². The molecule has 1 heterocycles. The Bertz CT molecular complexity index is 558. The van der Waals surface area contributed by atoms with Crippen LogP contribution in [0, 0.1) is 12.8 Å². The quantitative estimate of drug-likeness (QED) is 0.902. The molecule has 0 fully saturated rings. The highest BCUT2D eigenvalue weighted by atomic mass is 79.9. The Labute approximate surface area is 116 Å². The van der Waals surface area contributed by atoms with Crippen LogP contribution in [0.3, 0.4) is 0 Å². The molecule has 0 bridgehead atoms. The Kier molecular flexibility index (Phi) is 3.76. The first kappa shape index (κ1) is 13.1. The lowest BCUT2D eigenvalue weighted by molar-refractivity contribution is 0.649. The maximum absolute atomic E-state index is 5.96. The molecule has 0 saturated carbocycles. The SMILES string of the molecule is Cc1c(Br)cccc1-c1[nH]nc(N)c1CC(C)C. The summed E-state index contributed by atoms with van der Waals surface area (Å²) in [6, 6.07) is 6.17. The molecule has 2 aromatic rings. The second-order valence-corrected chi connectivity index (χ2v) is 5.83. The number of benzene rings is 1. The van der Waals surface area contributed by atoms with Crippen molar-refractivity contribution in [2.45, 2.75) is 27.2 Å². The number of halogens is 1. The molecule has 0 saturated heterocycles. The van der Waals surface area contributed by atoms with Crippen molar-refractivity contribution in [3.63, 3.8) is 0 Å². The molecule has 3 nitrogen and oxygen atoms in total. The first-order chi connectivity index (χ1) is 8.50. The molecule has 0 spiro atoms. The van der Waals surface area contributed by atoms with Gasteiger partial charge in [0.25, 0.3) is 0 Å². The van der Waals surface area contributed by atoms with Crippen LogP contribution in [0.15, 0.2) is 22.7 Å². The van der Waals surface area contributed by atoms with Gasteiger partial charge in [-0.3, -0.25) is 5.10 Å². The number of rotatable bonds is 3. The number of hydrogen-bond acceptors (Lipinski definition) is 2. The molecule has 0 amide bonds. The van der Waals surface area contributed by atoms with Gasteiger partial charge in [-0.05, 0) is 30.9 Å². The zero-order chi connectivity index (χ0) is 13.3. The van der Waals surface area contributed by atoms with E-state index in [1.54, 1.807) is 0 Å². The normalized spacial score (nSPS) is 11.2. The summed E-state index contributed by atoms with van der Waals surface area (Å²) >= 11 is 3.56. The minimum Gasteiger partial charge on any atom is -0.382 e. The number of nitrogens with two attached hydrogens (primary N) is 1. The molecule has 0 aliphatic carbocycles. The topological polar surface area (TPSA) is 54.7 Å². The van der Waals surface area contributed by atoms with Crippen molar-refractivity contribution in [1.29, 1.82) is 0 Å². The van der Waals surface area contributed by atoms with Gasteiger partial charge in [-0.25, -0.2) is 0 Å². The minimum atomic E-state index is 0.552. The van der Waals surface area contributed by atoms with Crippen LogP contribution in [-0.4, -0.2) is 10.2 Å². The fourth-order valence-corrected chi connectivity index (χ4v) is 2.46. The molecule has 0 aliphatic rings. The van der Waals surface area contributed by atoms with Crippen LogP contribution in [0.2, 0.25) is 0 Å². The summed E-state index contributed by atoms with van der Waals surface area (Å²) in [6.45, 7) is 6.46. The Morgan fingerprint density at radius 3 is 2.78 bits per heavy atom. The Morgan fingerprint density at radius 2 is 2.11 bits per heavy atom. The van der Waals surface area contributed by atoms with Crippen LogP contribution in [-0.2, 0) is 6.42 Å². The fourth-order valence-electron chi connectivity index (χ4n) is 2.10. The number of nitrogens with zero attached hydrogens (tertiary/aromatic N) is 1. The maximum atomic E-state index is 5.96. The number of nitrogen functional groups attached to an aromatic ring is 1. The van der Waals surface area contributed by atoms with E-state index in [2.05, 4.69) is 53.0 Å². The first-order valence-electron chi connectivity index (χ1n) is 6.09. The highest BCUT2D eigenvalue weighted by Crippen LogP contribution is 2.32. The Morgan fingerprint density at radius 1 is 1.39 bits per heavy atom. The maximum Gasteiger partial charge on any atom is 0.149 e. The molecular formula is C14H18BrN3. The number of aromatic nitrogens is 2. The molecule has 2 rings (SSSR count). The third-order valence-corrected chi connectivity index (χ3v) is 3.91. The smallest absolute Gasteiger partial charge is 0.149 e. The van der Waals surface area contributed by atoms with E-state index in [0.717, 1.165) is 27.7 Å². The molecule has 4 heteroatoms. The van der Waals surface area contributed by atoms with Gasteiger partial charge in [0, 0.05) is 15.6 Å². The van der Waals surface area contributed by atoms with Crippen LogP contribution in [0.1, 0.15) is 25.0 Å². The van der Waals surface area contributed by atoms with Crippen molar-refractivity contribution in [2.24, 2.45) is 5.92 Å². The predicted octanol–water partition coefficient (Wildman–Crippen LogP) is 3.93. The van der Waals surface area contributed by atoms with Gasteiger partial charge in [0.2, 0.25) is 0 Å². The average Bonchev–Trinajstić information content (AvgIpc) is 2.64. The number of nitrogens with one attached hydrogen (secondary N) is 1. The van der Waals surface area contributed by atoms with Gasteiger partial charge in [0.05, 0.1) is 5.69 Å². The minimum absolute atomic E-state index is 0.552. The van der Waals surface area contributed by atoms with E-state index in [1.807, 2.05) is 12.1 Å². The lowest BCUT2D eigenvalue weighted by Crippen LogP contribution is -1.99. The summed E-state index contributed by atoms with van der Waals surface area (Å²) in [5, 5.41) is 7.22. The molecule has 0 atom stereocenters. The second-order valence-electron chi connectivity index (χ2n) is 4.97. The van der Waals surface area contributed by atoms with Gasteiger partial charge < -0.3 is 5.73 Å². The summed E-state index contributed by atoms with van der Waals surface area (Å²) in [4.78, 5) is 0. The molecule has 3 N–H and O–H groups in total. The third-order valence-electron chi connectivity index (χ3n) is 3.05. The first-order valence-corrected chi connectivity index (χ1v) is 6.88. The van der Waals surface area contributed by atoms with E-state index in [1.165, 1.54) is 5.56 Å². The van der Waals surface area contributed by atoms with Crippen molar-refractivity contribution in [3.8, 4) is 11.3 Å². The average molecular weight is 308 g/mol. The fraction of sp³-hybridized carbons (Fsp3) is 0.357. The predicted molar refractivity (Wildman–Crippen MR) is 79.4 cm³/mol. The lowest BCUT2D eigenvalue weighted by atomic mass is 9.97. The summed E-state index contributed by atoms with van der Waals surface area (Å²) < 4.78 is 1.10. The van der Waals surface area contributed by atoms with E-state index in [4.69, 9.17) is 5.73 Å². The van der Waals surface area contributed by atoms with E-state index in [0.29, 0.717) is 11.7 Å². The zero-order valence-electron chi connectivity index (χ0n) is 10.9. The van der Waals surface area contributed by atoms with Gasteiger partial charge >= 0.3 is 0 Å². The molecule has 96 valence electrons. The molecule has 18 heavy (non-hydrogen) atoms. The van der Waals surface area contributed by atoms with Crippen molar-refractivity contribution in [3.05, 3.63) is 33.8 Å². The summed E-state index contributed by atoms with van der Waals surface area (Å²) in [6.07, 6.45) is 0.934. The number of hydrogen-bond donors (Lipinski definition) is 2. The van der Waals surface area contributed by atoms with E-state index in [-0.39, 0.29) is 0 Å². The summed E-state index contributed by atoms with van der Waals surface area (Å²) in [7, 11) is 0. The van der Waals surface area contributed by atoms with Gasteiger partial charge in [0.1, 0.15) is 5.82 Å². The highest BCUT2D eigenvalue weighted by molar-refractivity contribution is 9.10. The van der Waals surface area contributed by atoms with Crippen LogP contribution in [0.25, 0.3) is 11.3 Å². The highest BCUT2D eigenvalue weighted by Gasteiger charge is 2.16. The Hall–Kier alpha value is -1.29. The van der Waals surface area contributed by atoms with Crippen molar-refractivity contribution >= 4 is 21.7 Å². The molecule has 0 radical (unpaired) electrons. The van der Waals surface area contributed by atoms with Crippen molar-refractivity contribution < 1.29 is 0 Å². The van der Waals surface area contributed by atoms with Crippen LogP contribution in [0.4, 0.5) is 5.82 Å². The standard InChI is InChI=1S/C14H18BrN3/c1-8(2)7-11-13(17-18-14(11)16)10-5-4-6-12(15)9(10)3/h4-6,8H,7H2,1-3H3,(H3,16,17,18). The van der Waals surface area contributed by atoms with Crippen molar-refractivity contribution in [2.75, 3.05) is 5.73 Å². The summed E-state index contributed by atoms with van der Waals surface area (Å²) in [5.74, 6) is 1.16. The van der Waals surface area contributed by atoms with E-state index < -0.39 is 0 Å². The van der Waals surface area contributed by atoms with Gasteiger partial charge in [0.15, 0.2) is 0 Å².